The molecule has 2 bridgehead atoms. The van der Waals surface area contributed by atoms with Crippen molar-refractivity contribution in [2.75, 3.05) is 19.5 Å². The highest BCUT2D eigenvalue weighted by Gasteiger charge is 2.38. The summed E-state index contributed by atoms with van der Waals surface area (Å²) in [4.78, 5) is 14.2. The van der Waals surface area contributed by atoms with Crippen molar-refractivity contribution in [3.05, 3.63) is 28.8 Å². The summed E-state index contributed by atoms with van der Waals surface area (Å²) in [5.41, 5.74) is 1.36. The van der Waals surface area contributed by atoms with Gasteiger partial charge in [0.2, 0.25) is 0 Å². The number of halogens is 1. The molecule has 2 saturated heterocycles. The van der Waals surface area contributed by atoms with Crippen LogP contribution in [0.1, 0.15) is 36.0 Å². The molecule has 1 aromatic carbocycles. The van der Waals surface area contributed by atoms with Crippen LogP contribution >= 0.6 is 11.6 Å². The maximum absolute atomic E-state index is 11.7. The molecule has 0 radical (unpaired) electrons. The van der Waals surface area contributed by atoms with Crippen LogP contribution in [0.25, 0.3) is 0 Å². The second-order valence-electron chi connectivity index (χ2n) is 6.05. The summed E-state index contributed by atoms with van der Waals surface area (Å²) >= 11 is 6.05. The third-order valence-corrected chi connectivity index (χ3v) is 5.17. The first-order valence-corrected chi connectivity index (χ1v) is 7.82. The molecular formula is C16H21ClN2O2. The number of benzene rings is 1. The first-order valence-electron chi connectivity index (χ1n) is 7.45. The summed E-state index contributed by atoms with van der Waals surface area (Å²) in [7, 11) is 3.60. The van der Waals surface area contributed by atoms with Crippen LogP contribution in [-0.2, 0) is 4.74 Å². The number of fused-ring (bicyclic) bond motifs is 2. The van der Waals surface area contributed by atoms with Gasteiger partial charge in [-0.15, -0.1) is 0 Å². The van der Waals surface area contributed by atoms with Crippen LogP contribution in [0.2, 0.25) is 5.02 Å². The lowest BCUT2D eigenvalue weighted by atomic mass is 9.97. The number of hydrogen-bond donors (Lipinski definition) is 1. The van der Waals surface area contributed by atoms with Gasteiger partial charge < -0.3 is 15.0 Å². The molecule has 2 aliphatic rings. The molecule has 0 aromatic heterocycles. The van der Waals surface area contributed by atoms with Crippen molar-refractivity contribution in [3.8, 4) is 0 Å². The molecular weight excluding hydrogens is 288 g/mol. The molecule has 0 spiro atoms. The van der Waals surface area contributed by atoms with E-state index in [2.05, 4.69) is 17.3 Å². The van der Waals surface area contributed by atoms with Gasteiger partial charge in [-0.2, -0.15) is 0 Å². The van der Waals surface area contributed by atoms with Gasteiger partial charge in [-0.3, -0.25) is 0 Å². The number of piperidine rings is 1. The van der Waals surface area contributed by atoms with Crippen molar-refractivity contribution in [2.24, 2.45) is 0 Å². The maximum atomic E-state index is 11.7. The number of esters is 1. The molecule has 0 saturated carbocycles. The maximum Gasteiger partial charge on any atom is 0.339 e. The van der Waals surface area contributed by atoms with E-state index in [9.17, 15) is 4.79 Å². The Morgan fingerprint density at radius 3 is 2.62 bits per heavy atom. The highest BCUT2D eigenvalue weighted by Crippen LogP contribution is 2.35. The Balaban J connectivity index is 1.72. The summed E-state index contributed by atoms with van der Waals surface area (Å²) < 4.78 is 4.76. The standard InChI is InChI=1S/C16H21ClN2O2/c1-19-12-4-5-13(19)8-11(7-12)18-10-3-6-15(17)14(9-10)16(20)21-2/h3,6,9,11-13,18H,4-5,7-8H2,1-2H3. The van der Waals surface area contributed by atoms with Crippen molar-refractivity contribution < 1.29 is 9.53 Å². The molecule has 1 aromatic rings. The minimum absolute atomic E-state index is 0.396. The molecule has 2 atom stereocenters. The van der Waals surface area contributed by atoms with Gasteiger partial charge in [0.1, 0.15) is 0 Å². The molecule has 3 rings (SSSR count). The molecule has 0 amide bonds. The van der Waals surface area contributed by atoms with Gasteiger partial charge >= 0.3 is 5.97 Å². The molecule has 5 heteroatoms. The Morgan fingerprint density at radius 2 is 2.00 bits per heavy atom. The highest BCUT2D eigenvalue weighted by atomic mass is 35.5. The number of nitrogens with zero attached hydrogens (tertiary/aromatic N) is 1. The second-order valence-corrected chi connectivity index (χ2v) is 6.46. The van der Waals surface area contributed by atoms with Crippen LogP contribution in [0.4, 0.5) is 5.69 Å². The van der Waals surface area contributed by atoms with Crippen LogP contribution < -0.4 is 5.32 Å². The van der Waals surface area contributed by atoms with E-state index in [1.165, 1.54) is 20.0 Å². The fourth-order valence-corrected chi connectivity index (χ4v) is 3.84. The van der Waals surface area contributed by atoms with Gasteiger partial charge in [-0.05, 0) is 50.9 Å². The number of anilines is 1. The summed E-state index contributed by atoms with van der Waals surface area (Å²) in [5, 5.41) is 3.98. The zero-order valence-corrected chi connectivity index (χ0v) is 13.2. The van der Waals surface area contributed by atoms with Crippen LogP contribution in [0, 0.1) is 0 Å². The topological polar surface area (TPSA) is 41.6 Å². The highest BCUT2D eigenvalue weighted by molar-refractivity contribution is 6.33. The van der Waals surface area contributed by atoms with E-state index in [-0.39, 0.29) is 0 Å². The van der Waals surface area contributed by atoms with Gasteiger partial charge in [0.15, 0.2) is 0 Å². The molecule has 2 aliphatic heterocycles. The van der Waals surface area contributed by atoms with Crippen molar-refractivity contribution in [1.82, 2.24) is 4.90 Å². The van der Waals surface area contributed by atoms with E-state index in [4.69, 9.17) is 16.3 Å². The molecule has 21 heavy (non-hydrogen) atoms. The lowest BCUT2D eigenvalue weighted by Crippen LogP contribution is -2.44. The van der Waals surface area contributed by atoms with E-state index in [1.54, 1.807) is 12.1 Å². The van der Waals surface area contributed by atoms with Crippen molar-refractivity contribution in [1.29, 1.82) is 0 Å². The Kier molecular flexibility index (Phi) is 4.09. The SMILES string of the molecule is COC(=O)c1cc(NC2CC3CCC(C2)N3C)ccc1Cl. The smallest absolute Gasteiger partial charge is 0.339 e. The van der Waals surface area contributed by atoms with Gasteiger partial charge in [0, 0.05) is 23.8 Å². The van der Waals surface area contributed by atoms with E-state index in [0.29, 0.717) is 28.7 Å². The molecule has 0 aliphatic carbocycles. The molecule has 2 heterocycles. The summed E-state index contributed by atoms with van der Waals surface area (Å²) in [6, 6.07) is 7.30. The number of methoxy groups -OCH3 is 1. The second kappa shape index (κ2) is 5.85. The molecule has 4 nitrogen and oxygen atoms in total. The van der Waals surface area contributed by atoms with E-state index >= 15 is 0 Å². The quantitative estimate of drug-likeness (QED) is 0.871. The van der Waals surface area contributed by atoms with E-state index < -0.39 is 5.97 Å². The van der Waals surface area contributed by atoms with Gasteiger partial charge in [0.05, 0.1) is 17.7 Å². The van der Waals surface area contributed by atoms with Crippen molar-refractivity contribution in [2.45, 2.75) is 43.8 Å². The molecule has 2 fully saturated rings. The van der Waals surface area contributed by atoms with Crippen molar-refractivity contribution in [3.63, 3.8) is 0 Å². The number of rotatable bonds is 3. The molecule has 1 N–H and O–H groups in total. The minimum atomic E-state index is -0.396. The fourth-order valence-electron chi connectivity index (χ4n) is 3.65. The average Bonchev–Trinajstić information content (AvgIpc) is 2.71. The number of carbonyl (C=O) groups excluding carboxylic acids is 1. The van der Waals surface area contributed by atoms with Crippen LogP contribution in [0.3, 0.4) is 0 Å². The average molecular weight is 309 g/mol. The first kappa shape index (κ1) is 14.7. The third kappa shape index (κ3) is 2.87. The Labute approximate surface area is 130 Å². The van der Waals surface area contributed by atoms with Gasteiger partial charge in [0.25, 0.3) is 0 Å². The number of carbonyl (C=O) groups is 1. The molecule has 2 unspecified atom stereocenters. The Morgan fingerprint density at radius 1 is 1.33 bits per heavy atom. The van der Waals surface area contributed by atoms with E-state index in [1.807, 2.05) is 6.07 Å². The number of hydrogen-bond acceptors (Lipinski definition) is 4. The summed E-state index contributed by atoms with van der Waals surface area (Å²) in [5.74, 6) is -0.396. The minimum Gasteiger partial charge on any atom is -0.465 e. The monoisotopic (exact) mass is 308 g/mol. The fraction of sp³-hybridized carbons (Fsp3) is 0.562. The Hall–Kier alpha value is -1.26. The predicted octanol–water partition coefficient (Wildman–Crippen LogP) is 3.16. The first-order chi connectivity index (χ1) is 10.1. The molecule has 114 valence electrons. The largest absolute Gasteiger partial charge is 0.465 e. The zero-order valence-electron chi connectivity index (χ0n) is 12.4. The van der Waals surface area contributed by atoms with Crippen LogP contribution in [0.5, 0.6) is 0 Å². The lowest BCUT2D eigenvalue weighted by molar-refractivity contribution is 0.0601. The summed E-state index contributed by atoms with van der Waals surface area (Å²) in [6.07, 6.45) is 4.91. The third-order valence-electron chi connectivity index (χ3n) is 4.84. The number of ether oxygens (including phenoxy) is 1. The van der Waals surface area contributed by atoms with E-state index in [0.717, 1.165) is 18.5 Å². The van der Waals surface area contributed by atoms with Gasteiger partial charge in [-0.1, -0.05) is 11.6 Å². The summed E-state index contributed by atoms with van der Waals surface area (Å²) in [6.45, 7) is 0. The van der Waals surface area contributed by atoms with Crippen LogP contribution in [0.15, 0.2) is 18.2 Å². The zero-order chi connectivity index (χ0) is 15.0. The van der Waals surface area contributed by atoms with Crippen molar-refractivity contribution >= 4 is 23.3 Å². The Bertz CT molecular complexity index is 535. The van der Waals surface area contributed by atoms with Crippen LogP contribution in [-0.4, -0.2) is 43.2 Å². The predicted molar refractivity (Wildman–Crippen MR) is 84.0 cm³/mol. The number of nitrogens with one attached hydrogen (secondary N) is 1. The van der Waals surface area contributed by atoms with Gasteiger partial charge in [-0.25, -0.2) is 4.79 Å². The lowest BCUT2D eigenvalue weighted by Gasteiger charge is -2.37. The normalized spacial score (nSPS) is 28.4.